The van der Waals surface area contributed by atoms with Crippen LogP contribution in [0.4, 0.5) is 17.3 Å². The summed E-state index contributed by atoms with van der Waals surface area (Å²) in [5.41, 5.74) is 2.10. The van der Waals surface area contributed by atoms with E-state index in [0.717, 1.165) is 25.9 Å². The molecule has 9 nitrogen and oxygen atoms in total. The molecule has 1 aliphatic heterocycles. The predicted molar refractivity (Wildman–Crippen MR) is 79.8 cm³/mol. The number of piperidine rings is 1. The predicted octanol–water partition coefficient (Wildman–Crippen LogP) is 0.814. The fourth-order valence-electron chi connectivity index (χ4n) is 2.42. The Labute approximate surface area is 123 Å². The topological polar surface area (TPSA) is 122 Å². The summed E-state index contributed by atoms with van der Waals surface area (Å²) in [5, 5.41) is 14.2. The molecule has 2 rings (SSSR count). The minimum absolute atomic E-state index is 0.00558. The van der Waals surface area contributed by atoms with Crippen LogP contribution in [-0.2, 0) is 0 Å². The van der Waals surface area contributed by atoms with Crippen molar-refractivity contribution in [1.29, 1.82) is 0 Å². The maximum absolute atomic E-state index is 11.2. The Kier molecular flexibility index (Phi) is 4.53. The van der Waals surface area contributed by atoms with Crippen molar-refractivity contribution in [3.63, 3.8) is 0 Å². The number of hydrogen-bond donors (Lipinski definition) is 3. The average molecular weight is 295 g/mol. The van der Waals surface area contributed by atoms with Crippen LogP contribution in [-0.4, -0.2) is 46.5 Å². The second kappa shape index (κ2) is 6.19. The monoisotopic (exact) mass is 295 g/mol. The molecule has 0 amide bonds. The maximum atomic E-state index is 11.2. The highest BCUT2D eigenvalue weighted by Crippen LogP contribution is 2.33. The van der Waals surface area contributed by atoms with E-state index in [9.17, 15) is 10.1 Å². The molecule has 4 N–H and O–H groups in total. The smallest absolute Gasteiger partial charge is 0.354 e. The number of likely N-dealkylation sites (tertiary alicyclic amines) is 1. The summed E-state index contributed by atoms with van der Waals surface area (Å²) in [5.74, 6) is 5.46. The first-order valence-electron chi connectivity index (χ1n) is 6.83. The molecule has 1 aliphatic rings. The molecule has 0 aromatic carbocycles. The summed E-state index contributed by atoms with van der Waals surface area (Å²) in [6.45, 7) is 4.87. The first-order chi connectivity index (χ1) is 9.95. The summed E-state index contributed by atoms with van der Waals surface area (Å²) in [6, 6.07) is 0. The maximum Gasteiger partial charge on any atom is 0.354 e. The van der Waals surface area contributed by atoms with Crippen molar-refractivity contribution in [2.75, 3.05) is 37.4 Å². The van der Waals surface area contributed by atoms with Crippen molar-refractivity contribution in [1.82, 2.24) is 14.9 Å². The van der Waals surface area contributed by atoms with E-state index < -0.39 is 4.92 Å². The Hall–Kier alpha value is -2.00. The lowest BCUT2D eigenvalue weighted by Gasteiger charge is -2.38. The average Bonchev–Trinajstić information content (AvgIpc) is 2.48. The van der Waals surface area contributed by atoms with E-state index >= 15 is 0 Å². The van der Waals surface area contributed by atoms with Crippen LogP contribution in [0.5, 0.6) is 0 Å². The molecular formula is C12H21N7O2. The molecule has 0 bridgehead atoms. The zero-order chi connectivity index (χ0) is 15.5. The van der Waals surface area contributed by atoms with E-state index in [4.69, 9.17) is 5.84 Å². The number of hydrazine groups is 1. The molecular weight excluding hydrogens is 274 g/mol. The highest BCUT2D eigenvalue weighted by Gasteiger charge is 2.30. The van der Waals surface area contributed by atoms with E-state index in [1.165, 1.54) is 6.33 Å². The molecule has 0 aliphatic carbocycles. The second-order valence-corrected chi connectivity index (χ2v) is 5.79. The first kappa shape index (κ1) is 15.4. The van der Waals surface area contributed by atoms with Crippen LogP contribution in [0.15, 0.2) is 6.33 Å². The van der Waals surface area contributed by atoms with Crippen molar-refractivity contribution < 1.29 is 4.92 Å². The molecule has 0 saturated carbocycles. The highest BCUT2D eigenvalue weighted by molar-refractivity contribution is 5.68. The number of aromatic nitrogens is 2. The Morgan fingerprint density at radius 1 is 1.43 bits per heavy atom. The number of nitrogens with one attached hydrogen (secondary N) is 2. The number of anilines is 2. The normalized spacial score (nSPS) is 18.2. The Bertz CT molecular complexity index is 514. The molecule has 1 fully saturated rings. The Morgan fingerprint density at radius 2 is 2.05 bits per heavy atom. The van der Waals surface area contributed by atoms with E-state index in [-0.39, 0.29) is 22.7 Å². The summed E-state index contributed by atoms with van der Waals surface area (Å²) < 4.78 is 0. The number of nitro groups is 1. The van der Waals surface area contributed by atoms with Crippen molar-refractivity contribution in [3.8, 4) is 0 Å². The van der Waals surface area contributed by atoms with E-state index in [2.05, 4.69) is 39.6 Å². The van der Waals surface area contributed by atoms with Gasteiger partial charge >= 0.3 is 5.69 Å². The molecule has 0 spiro atoms. The van der Waals surface area contributed by atoms with Crippen LogP contribution in [0.25, 0.3) is 0 Å². The van der Waals surface area contributed by atoms with Crippen molar-refractivity contribution in [2.45, 2.75) is 19.8 Å². The van der Waals surface area contributed by atoms with Crippen LogP contribution in [0.1, 0.15) is 19.8 Å². The zero-order valence-corrected chi connectivity index (χ0v) is 12.3. The van der Waals surface area contributed by atoms with Crippen LogP contribution in [0, 0.1) is 15.5 Å². The lowest BCUT2D eigenvalue weighted by atomic mass is 9.80. The van der Waals surface area contributed by atoms with E-state index in [1.807, 2.05) is 0 Å². The van der Waals surface area contributed by atoms with Gasteiger partial charge < -0.3 is 15.6 Å². The zero-order valence-electron chi connectivity index (χ0n) is 12.3. The molecule has 1 aromatic heterocycles. The minimum Gasteiger partial charge on any atom is -0.364 e. The fraction of sp³-hybridized carbons (Fsp3) is 0.667. The molecule has 116 valence electrons. The van der Waals surface area contributed by atoms with Crippen LogP contribution in [0.3, 0.4) is 0 Å². The number of hydrogen-bond acceptors (Lipinski definition) is 8. The van der Waals surface area contributed by atoms with Crippen LogP contribution in [0.2, 0.25) is 0 Å². The molecule has 2 heterocycles. The van der Waals surface area contributed by atoms with Gasteiger partial charge in [0.15, 0.2) is 0 Å². The molecule has 0 atom stereocenters. The quantitative estimate of drug-likeness (QED) is 0.414. The molecule has 21 heavy (non-hydrogen) atoms. The van der Waals surface area contributed by atoms with Gasteiger partial charge in [0.2, 0.25) is 11.6 Å². The van der Waals surface area contributed by atoms with Crippen LogP contribution < -0.4 is 16.6 Å². The number of rotatable bonds is 5. The third kappa shape index (κ3) is 3.56. The second-order valence-electron chi connectivity index (χ2n) is 5.79. The van der Waals surface area contributed by atoms with Gasteiger partial charge in [0.05, 0.1) is 4.92 Å². The van der Waals surface area contributed by atoms with Gasteiger partial charge in [-0.2, -0.15) is 0 Å². The third-order valence-corrected chi connectivity index (χ3v) is 4.02. The SMILES string of the molecule is CN1CCC(C)(CNc2ncnc(NN)c2[N+](=O)[O-])CC1. The highest BCUT2D eigenvalue weighted by atomic mass is 16.6. The Balaban J connectivity index is 2.11. The van der Waals surface area contributed by atoms with Gasteiger partial charge in [-0.1, -0.05) is 6.92 Å². The Morgan fingerprint density at radius 3 is 2.62 bits per heavy atom. The molecule has 1 saturated heterocycles. The third-order valence-electron chi connectivity index (χ3n) is 4.02. The fourth-order valence-corrected chi connectivity index (χ4v) is 2.42. The van der Waals surface area contributed by atoms with Gasteiger partial charge in [-0.3, -0.25) is 10.1 Å². The van der Waals surface area contributed by atoms with Gasteiger partial charge in [-0.05, 0) is 38.4 Å². The number of nitrogen functional groups attached to an aromatic ring is 1. The van der Waals surface area contributed by atoms with Gasteiger partial charge in [0, 0.05) is 6.54 Å². The number of nitrogens with two attached hydrogens (primary N) is 1. The minimum atomic E-state index is -0.533. The van der Waals surface area contributed by atoms with E-state index in [1.54, 1.807) is 0 Å². The summed E-state index contributed by atoms with van der Waals surface area (Å²) in [4.78, 5) is 20.6. The van der Waals surface area contributed by atoms with Crippen molar-refractivity contribution in [2.24, 2.45) is 11.3 Å². The van der Waals surface area contributed by atoms with Gasteiger partial charge in [0.25, 0.3) is 0 Å². The van der Waals surface area contributed by atoms with E-state index in [0.29, 0.717) is 6.54 Å². The molecule has 1 aromatic rings. The standard InChI is InChI=1S/C12H21N7O2/c1-12(3-5-18(2)6-4-12)7-14-10-9(19(20)21)11(17-13)16-8-15-10/h8H,3-7,13H2,1-2H3,(H2,14,15,16,17). The summed E-state index contributed by atoms with van der Waals surface area (Å²) in [6.07, 6.45) is 3.33. The van der Waals surface area contributed by atoms with Gasteiger partial charge in [0.1, 0.15) is 6.33 Å². The number of nitrogens with zero attached hydrogens (tertiary/aromatic N) is 4. The lowest BCUT2D eigenvalue weighted by molar-refractivity contribution is -0.383. The van der Waals surface area contributed by atoms with Crippen molar-refractivity contribution in [3.05, 3.63) is 16.4 Å². The lowest BCUT2D eigenvalue weighted by Crippen LogP contribution is -2.40. The first-order valence-corrected chi connectivity index (χ1v) is 6.83. The van der Waals surface area contributed by atoms with Gasteiger partial charge in [-0.15, -0.1) is 0 Å². The molecule has 0 unspecified atom stereocenters. The van der Waals surface area contributed by atoms with Crippen LogP contribution >= 0.6 is 0 Å². The molecule has 0 radical (unpaired) electrons. The van der Waals surface area contributed by atoms with Gasteiger partial charge in [-0.25, -0.2) is 15.8 Å². The largest absolute Gasteiger partial charge is 0.364 e. The van der Waals surface area contributed by atoms with Crippen molar-refractivity contribution >= 4 is 17.3 Å². The summed E-state index contributed by atoms with van der Waals surface area (Å²) in [7, 11) is 2.10. The molecule has 9 heteroatoms. The summed E-state index contributed by atoms with van der Waals surface area (Å²) >= 11 is 0.